The van der Waals surface area contributed by atoms with Gasteiger partial charge in [0, 0.05) is 35.6 Å². The second-order valence-electron chi connectivity index (χ2n) is 7.88. The van der Waals surface area contributed by atoms with E-state index in [4.69, 9.17) is 4.52 Å². The van der Waals surface area contributed by atoms with Crippen LogP contribution in [-0.2, 0) is 0 Å². The van der Waals surface area contributed by atoms with Crippen molar-refractivity contribution in [1.29, 1.82) is 0 Å². The van der Waals surface area contributed by atoms with Crippen LogP contribution in [0.2, 0.25) is 0 Å². The fourth-order valence-electron chi connectivity index (χ4n) is 3.80. The molecule has 4 rings (SSSR count). The first kappa shape index (κ1) is 21.3. The highest BCUT2D eigenvalue weighted by Crippen LogP contribution is 2.39. The van der Waals surface area contributed by atoms with E-state index in [-0.39, 0.29) is 22.5 Å². The lowest BCUT2D eigenvalue weighted by molar-refractivity contribution is -0.0688. The Balaban J connectivity index is 1.85. The van der Waals surface area contributed by atoms with Gasteiger partial charge in [-0.3, -0.25) is 0 Å². The molecule has 1 aromatic carbocycles. The highest BCUT2D eigenvalue weighted by molar-refractivity contribution is 6.01. The second-order valence-corrected chi connectivity index (χ2v) is 7.88. The van der Waals surface area contributed by atoms with Crippen LogP contribution in [-0.4, -0.2) is 53.6 Å². The first-order valence-corrected chi connectivity index (χ1v) is 9.86. The molecule has 1 saturated heterocycles. The third-order valence-electron chi connectivity index (χ3n) is 5.47. The average Bonchev–Trinajstić information content (AvgIpc) is 3.14. The zero-order chi connectivity index (χ0) is 22.3. The fraction of sp³-hybridized carbons (Fsp3) is 0.364. The zero-order valence-electron chi connectivity index (χ0n) is 17.1. The molecule has 1 aliphatic rings. The van der Waals surface area contributed by atoms with Crippen molar-refractivity contribution in [2.45, 2.75) is 31.7 Å². The third kappa shape index (κ3) is 4.27. The Hall–Kier alpha value is -2.94. The van der Waals surface area contributed by atoms with E-state index in [2.05, 4.69) is 22.0 Å². The summed E-state index contributed by atoms with van der Waals surface area (Å²) in [6.07, 6.45) is -5.18. The molecule has 0 radical (unpaired) electrons. The Labute approximate surface area is 176 Å². The molecule has 164 valence electrons. The molecule has 0 bridgehead atoms. The summed E-state index contributed by atoms with van der Waals surface area (Å²) in [6, 6.07) is 7.69. The van der Waals surface area contributed by atoms with E-state index in [0.717, 1.165) is 6.54 Å². The van der Waals surface area contributed by atoms with E-state index in [9.17, 15) is 17.6 Å². The molecule has 3 heterocycles. The van der Waals surface area contributed by atoms with Crippen molar-refractivity contribution < 1.29 is 22.1 Å². The maximum Gasteiger partial charge on any atom is 0.417 e. The van der Waals surface area contributed by atoms with E-state index >= 15 is 0 Å². The van der Waals surface area contributed by atoms with E-state index in [1.54, 1.807) is 37.3 Å². The minimum Gasteiger partial charge on any atom is -0.379 e. The van der Waals surface area contributed by atoms with Gasteiger partial charge in [0.2, 0.25) is 0 Å². The predicted octanol–water partition coefficient (Wildman–Crippen LogP) is 5.23. The second kappa shape index (κ2) is 7.96. The number of hydrogen-bond donors (Lipinski definition) is 1. The SMILES string of the molecule is C=C(c1nc(-c2cc(C)no2)cc2c(N[C@@H]3CCN(C)C[C@@H]3F)cccc12)C(F)(F)F. The van der Waals surface area contributed by atoms with Gasteiger partial charge in [-0.1, -0.05) is 23.9 Å². The third-order valence-corrected chi connectivity index (χ3v) is 5.47. The van der Waals surface area contributed by atoms with Crippen LogP contribution in [0.5, 0.6) is 0 Å². The summed E-state index contributed by atoms with van der Waals surface area (Å²) in [5, 5.41) is 7.75. The Kier molecular flexibility index (Phi) is 5.47. The monoisotopic (exact) mass is 434 g/mol. The number of nitrogens with zero attached hydrogens (tertiary/aromatic N) is 3. The Morgan fingerprint density at radius 2 is 2.03 bits per heavy atom. The van der Waals surface area contributed by atoms with Gasteiger partial charge in [0.1, 0.15) is 11.9 Å². The summed E-state index contributed by atoms with van der Waals surface area (Å²) in [5.74, 6) is 0.244. The number of likely N-dealkylation sites (tertiary alicyclic amines) is 1. The molecule has 3 aromatic rings. The summed E-state index contributed by atoms with van der Waals surface area (Å²) in [4.78, 5) is 6.11. The Bertz CT molecular complexity index is 1120. The van der Waals surface area contributed by atoms with E-state index < -0.39 is 24.0 Å². The quantitative estimate of drug-likeness (QED) is 0.570. The normalized spacial score (nSPS) is 20.2. The van der Waals surface area contributed by atoms with Gasteiger partial charge >= 0.3 is 6.18 Å². The molecule has 2 atom stereocenters. The number of anilines is 1. The Morgan fingerprint density at radius 3 is 2.68 bits per heavy atom. The standard InChI is InChI=1S/C22H22F4N4O/c1-12-9-20(31-29-12)19-10-15-14(21(28-19)13(2)22(24,25)26)5-4-6-17(15)27-18-7-8-30(3)11-16(18)23/h4-6,9-10,16,18,27H,2,7-8,11H2,1,3H3/t16-,18+/m0/s1. The van der Waals surface area contributed by atoms with Gasteiger partial charge in [0.25, 0.3) is 0 Å². The number of nitrogens with one attached hydrogen (secondary N) is 1. The van der Waals surface area contributed by atoms with Crippen LogP contribution in [0.15, 0.2) is 41.4 Å². The van der Waals surface area contributed by atoms with Crippen LogP contribution >= 0.6 is 0 Å². The van der Waals surface area contributed by atoms with E-state index in [1.165, 1.54) is 0 Å². The van der Waals surface area contributed by atoms with Crippen molar-refractivity contribution in [2.24, 2.45) is 0 Å². The van der Waals surface area contributed by atoms with Gasteiger partial charge < -0.3 is 14.7 Å². The first-order valence-electron chi connectivity index (χ1n) is 9.86. The van der Waals surface area contributed by atoms with Gasteiger partial charge in [-0.15, -0.1) is 0 Å². The first-order chi connectivity index (χ1) is 14.6. The van der Waals surface area contributed by atoms with Crippen molar-refractivity contribution in [1.82, 2.24) is 15.0 Å². The summed E-state index contributed by atoms with van der Waals surface area (Å²) < 4.78 is 60.4. The van der Waals surface area contributed by atoms with Crippen LogP contribution < -0.4 is 5.32 Å². The van der Waals surface area contributed by atoms with Crippen molar-refractivity contribution in [3.05, 3.63) is 48.3 Å². The summed E-state index contributed by atoms with van der Waals surface area (Å²) >= 11 is 0. The van der Waals surface area contributed by atoms with Crippen molar-refractivity contribution >= 4 is 22.0 Å². The number of benzene rings is 1. The highest BCUT2D eigenvalue weighted by atomic mass is 19.4. The number of fused-ring (bicyclic) bond motifs is 1. The molecule has 5 nitrogen and oxygen atoms in total. The van der Waals surface area contributed by atoms with Crippen LogP contribution in [0.4, 0.5) is 23.2 Å². The lowest BCUT2D eigenvalue weighted by Gasteiger charge is -2.33. The van der Waals surface area contributed by atoms with Crippen LogP contribution in [0.3, 0.4) is 0 Å². The maximum atomic E-state index is 14.6. The van der Waals surface area contributed by atoms with Crippen molar-refractivity contribution in [3.8, 4) is 11.5 Å². The molecule has 9 heteroatoms. The molecule has 1 aliphatic heterocycles. The topological polar surface area (TPSA) is 54.2 Å². The Morgan fingerprint density at radius 1 is 1.26 bits per heavy atom. The zero-order valence-corrected chi connectivity index (χ0v) is 17.1. The number of rotatable bonds is 4. The minimum absolute atomic E-state index is 0.197. The minimum atomic E-state index is -4.66. The molecule has 0 spiro atoms. The molecule has 0 unspecified atom stereocenters. The molecular weight excluding hydrogens is 412 g/mol. The van der Waals surface area contributed by atoms with E-state index in [1.807, 2.05) is 11.9 Å². The summed E-state index contributed by atoms with van der Waals surface area (Å²) in [6.45, 7) is 5.96. The number of hydrogen-bond acceptors (Lipinski definition) is 5. The van der Waals surface area contributed by atoms with Gasteiger partial charge in [-0.2, -0.15) is 13.2 Å². The number of alkyl halides is 4. The van der Waals surface area contributed by atoms with Crippen LogP contribution in [0, 0.1) is 6.92 Å². The van der Waals surface area contributed by atoms with Crippen molar-refractivity contribution in [2.75, 3.05) is 25.5 Å². The number of halogens is 4. The van der Waals surface area contributed by atoms with Gasteiger partial charge in [0.05, 0.1) is 23.0 Å². The molecule has 0 saturated carbocycles. The summed E-state index contributed by atoms with van der Waals surface area (Å²) in [5.41, 5.74) is -0.0480. The van der Waals surface area contributed by atoms with Gasteiger partial charge in [-0.05, 0) is 32.5 Å². The van der Waals surface area contributed by atoms with Crippen LogP contribution in [0.25, 0.3) is 27.8 Å². The lowest BCUT2D eigenvalue weighted by Crippen LogP contribution is -2.46. The molecule has 31 heavy (non-hydrogen) atoms. The number of pyridine rings is 1. The smallest absolute Gasteiger partial charge is 0.379 e. The number of aryl methyl sites for hydroxylation is 1. The molecule has 0 amide bonds. The maximum absolute atomic E-state index is 14.6. The van der Waals surface area contributed by atoms with Gasteiger partial charge in [-0.25, -0.2) is 9.37 Å². The molecular formula is C22H22F4N4O. The molecule has 1 N–H and O–H groups in total. The van der Waals surface area contributed by atoms with Gasteiger partial charge in [0.15, 0.2) is 5.76 Å². The number of piperidine rings is 1. The summed E-state index contributed by atoms with van der Waals surface area (Å²) in [7, 11) is 1.85. The molecule has 0 aliphatic carbocycles. The van der Waals surface area contributed by atoms with E-state index in [0.29, 0.717) is 29.7 Å². The fourth-order valence-corrected chi connectivity index (χ4v) is 3.80. The largest absolute Gasteiger partial charge is 0.417 e. The molecule has 2 aromatic heterocycles. The van der Waals surface area contributed by atoms with Crippen molar-refractivity contribution in [3.63, 3.8) is 0 Å². The average molecular weight is 434 g/mol. The predicted molar refractivity (Wildman–Crippen MR) is 111 cm³/mol. The highest BCUT2D eigenvalue weighted by Gasteiger charge is 2.35. The lowest BCUT2D eigenvalue weighted by atomic mass is 9.99. The molecule has 1 fully saturated rings. The van der Waals surface area contributed by atoms with Crippen LogP contribution in [0.1, 0.15) is 17.8 Å². The number of allylic oxidation sites excluding steroid dienone is 1. The number of aromatic nitrogens is 2.